The maximum Gasteiger partial charge on any atom is 0.137 e. The van der Waals surface area contributed by atoms with Gasteiger partial charge >= 0.3 is 0 Å². The van der Waals surface area contributed by atoms with Crippen molar-refractivity contribution >= 4 is 92.1 Å². The number of furan rings is 1. The number of benzene rings is 8. The number of rotatable bonds is 4. The molecule has 2 aromatic heterocycles. The second kappa shape index (κ2) is 10.3. The highest BCUT2D eigenvalue weighted by Gasteiger charge is 2.22. The molecule has 0 bridgehead atoms. The fourth-order valence-electron chi connectivity index (χ4n) is 7.27. The number of para-hydroxylation sites is 1. The zero-order valence-corrected chi connectivity index (χ0v) is 26.2. The van der Waals surface area contributed by atoms with Gasteiger partial charge in [-0.15, -0.1) is 11.3 Å². The van der Waals surface area contributed by atoms with E-state index in [1.165, 1.54) is 52.8 Å². The average Bonchev–Trinajstić information content (AvgIpc) is 3.71. The summed E-state index contributed by atoms with van der Waals surface area (Å²) in [5.74, 6) is 0. The quantitative estimate of drug-likeness (QED) is 0.183. The topological polar surface area (TPSA) is 16.4 Å². The lowest BCUT2D eigenvalue weighted by Crippen LogP contribution is -2.10. The minimum absolute atomic E-state index is 0.887. The Balaban J connectivity index is 1.23. The van der Waals surface area contributed by atoms with Crippen LogP contribution in [0.1, 0.15) is 0 Å². The highest BCUT2D eigenvalue weighted by molar-refractivity contribution is 7.26. The molecule has 0 aliphatic rings. The molecule has 0 radical (unpaired) electrons. The van der Waals surface area contributed by atoms with Crippen molar-refractivity contribution in [3.63, 3.8) is 0 Å². The molecule has 0 unspecified atom stereocenters. The standard InChI is InChI=1S/C44H27NOS/c1-2-10-28(11-3-1)29-22-24-33-30(26-29)20-21-31-27-32(23-25-34(31)33)45(38-15-9-18-41-43(38)37-13-4-6-17-40(37)46-41)39-16-8-14-36-35-12-5-7-19-42(35)47-44(36)39/h1-27H. The molecule has 2 heterocycles. The van der Waals surface area contributed by atoms with E-state index in [1.807, 2.05) is 17.4 Å². The summed E-state index contributed by atoms with van der Waals surface area (Å²) in [4.78, 5) is 2.43. The zero-order valence-electron chi connectivity index (χ0n) is 25.4. The van der Waals surface area contributed by atoms with Crippen LogP contribution in [0, 0.1) is 0 Å². The minimum atomic E-state index is 0.887. The smallest absolute Gasteiger partial charge is 0.137 e. The third-order valence-corrected chi connectivity index (χ3v) is 10.6. The lowest BCUT2D eigenvalue weighted by atomic mass is 9.97. The highest BCUT2D eigenvalue weighted by atomic mass is 32.1. The second-order valence-electron chi connectivity index (χ2n) is 12.1. The van der Waals surface area contributed by atoms with E-state index < -0.39 is 0 Å². The van der Waals surface area contributed by atoms with Crippen LogP contribution in [0.3, 0.4) is 0 Å². The largest absolute Gasteiger partial charge is 0.456 e. The first kappa shape index (κ1) is 26.3. The van der Waals surface area contributed by atoms with Gasteiger partial charge in [0.2, 0.25) is 0 Å². The summed E-state index contributed by atoms with van der Waals surface area (Å²) >= 11 is 1.86. The molecule has 0 saturated heterocycles. The fourth-order valence-corrected chi connectivity index (χ4v) is 8.47. The Morgan fingerprint density at radius 1 is 0.426 bits per heavy atom. The maximum atomic E-state index is 6.39. The van der Waals surface area contributed by atoms with Gasteiger partial charge in [0.05, 0.1) is 21.5 Å². The molecule has 0 saturated carbocycles. The van der Waals surface area contributed by atoms with Crippen LogP contribution >= 0.6 is 11.3 Å². The van der Waals surface area contributed by atoms with E-state index in [0.717, 1.165) is 39.0 Å². The van der Waals surface area contributed by atoms with Gasteiger partial charge in [0.25, 0.3) is 0 Å². The van der Waals surface area contributed by atoms with Gasteiger partial charge in [-0.1, -0.05) is 115 Å². The van der Waals surface area contributed by atoms with Crippen molar-refractivity contribution in [2.75, 3.05) is 4.90 Å². The van der Waals surface area contributed by atoms with E-state index in [9.17, 15) is 0 Å². The van der Waals surface area contributed by atoms with Gasteiger partial charge in [0.1, 0.15) is 11.2 Å². The van der Waals surface area contributed by atoms with Crippen LogP contribution in [-0.4, -0.2) is 0 Å². The average molecular weight is 618 g/mol. The SMILES string of the molecule is c1ccc(-c2ccc3c(ccc4cc(N(c5cccc6c5sc5ccccc56)c5cccc6oc7ccccc7c56)ccc43)c2)cc1. The summed E-state index contributed by atoms with van der Waals surface area (Å²) < 4.78 is 8.95. The molecular weight excluding hydrogens is 591 g/mol. The molecule has 0 amide bonds. The first-order chi connectivity index (χ1) is 23.3. The van der Waals surface area contributed by atoms with Gasteiger partial charge in [0, 0.05) is 26.5 Å². The summed E-state index contributed by atoms with van der Waals surface area (Å²) in [7, 11) is 0. The monoisotopic (exact) mass is 617 g/mol. The van der Waals surface area contributed by atoms with Crippen LogP contribution in [0.25, 0.3) is 74.8 Å². The summed E-state index contributed by atoms with van der Waals surface area (Å²) in [5.41, 5.74) is 7.63. The van der Waals surface area contributed by atoms with Crippen molar-refractivity contribution in [1.29, 1.82) is 0 Å². The first-order valence-corrected chi connectivity index (χ1v) is 16.7. The molecule has 10 aromatic rings. The van der Waals surface area contributed by atoms with Gasteiger partial charge in [-0.3, -0.25) is 0 Å². The molecule has 0 fully saturated rings. The lowest BCUT2D eigenvalue weighted by Gasteiger charge is -2.27. The molecule has 220 valence electrons. The Kier molecular flexibility index (Phi) is 5.78. The molecule has 2 nitrogen and oxygen atoms in total. The van der Waals surface area contributed by atoms with Gasteiger partial charge in [-0.25, -0.2) is 0 Å². The molecule has 8 aromatic carbocycles. The number of thiophene rings is 1. The van der Waals surface area contributed by atoms with Crippen LogP contribution in [0.4, 0.5) is 17.1 Å². The van der Waals surface area contributed by atoms with E-state index in [2.05, 4.69) is 163 Å². The number of nitrogens with zero attached hydrogens (tertiary/aromatic N) is 1. The third-order valence-electron chi connectivity index (χ3n) is 9.43. The summed E-state index contributed by atoms with van der Waals surface area (Å²) in [5, 5.41) is 9.77. The fraction of sp³-hybridized carbons (Fsp3) is 0. The summed E-state index contributed by atoms with van der Waals surface area (Å²) in [6.07, 6.45) is 0. The van der Waals surface area contributed by atoms with E-state index in [-0.39, 0.29) is 0 Å². The molecule has 0 aliphatic heterocycles. The Bertz CT molecular complexity index is 2810. The summed E-state index contributed by atoms with van der Waals surface area (Å²) in [6.45, 7) is 0. The van der Waals surface area contributed by atoms with Gasteiger partial charge in [-0.2, -0.15) is 0 Å². The molecule has 0 atom stereocenters. The lowest BCUT2D eigenvalue weighted by molar-refractivity contribution is 0.669. The molecular formula is C44H27NOS. The number of hydrogen-bond acceptors (Lipinski definition) is 3. The molecule has 3 heteroatoms. The zero-order chi connectivity index (χ0) is 30.9. The van der Waals surface area contributed by atoms with Gasteiger partial charge in [-0.05, 0) is 81.2 Å². The molecule has 0 aliphatic carbocycles. The van der Waals surface area contributed by atoms with E-state index in [0.29, 0.717) is 0 Å². The number of fused-ring (bicyclic) bond motifs is 9. The Hall–Kier alpha value is -5.90. The minimum Gasteiger partial charge on any atom is -0.456 e. The van der Waals surface area contributed by atoms with Crippen molar-refractivity contribution in [2.24, 2.45) is 0 Å². The Morgan fingerprint density at radius 3 is 2.00 bits per heavy atom. The predicted molar refractivity (Wildman–Crippen MR) is 202 cm³/mol. The van der Waals surface area contributed by atoms with E-state index in [4.69, 9.17) is 4.42 Å². The second-order valence-corrected chi connectivity index (χ2v) is 13.2. The Morgan fingerprint density at radius 2 is 1.11 bits per heavy atom. The van der Waals surface area contributed by atoms with Crippen molar-refractivity contribution in [3.05, 3.63) is 164 Å². The van der Waals surface area contributed by atoms with Crippen molar-refractivity contribution in [2.45, 2.75) is 0 Å². The predicted octanol–water partition coefficient (Wildman–Crippen LogP) is 13.4. The first-order valence-electron chi connectivity index (χ1n) is 15.9. The Labute approximate surface area is 275 Å². The van der Waals surface area contributed by atoms with Crippen molar-refractivity contribution < 1.29 is 4.42 Å². The van der Waals surface area contributed by atoms with Crippen LogP contribution in [-0.2, 0) is 0 Å². The van der Waals surface area contributed by atoms with Crippen LogP contribution in [0.15, 0.2) is 168 Å². The van der Waals surface area contributed by atoms with E-state index >= 15 is 0 Å². The third kappa shape index (κ3) is 4.10. The number of anilines is 3. The molecule has 0 spiro atoms. The summed E-state index contributed by atoms with van der Waals surface area (Å²) in [6, 6.07) is 59.0. The van der Waals surface area contributed by atoms with Crippen LogP contribution in [0.2, 0.25) is 0 Å². The van der Waals surface area contributed by atoms with Crippen LogP contribution < -0.4 is 4.90 Å². The van der Waals surface area contributed by atoms with Crippen molar-refractivity contribution in [3.8, 4) is 11.1 Å². The van der Waals surface area contributed by atoms with Gasteiger partial charge < -0.3 is 9.32 Å². The molecule has 47 heavy (non-hydrogen) atoms. The normalized spacial score (nSPS) is 11.8. The number of hydrogen-bond donors (Lipinski definition) is 0. The molecule has 0 N–H and O–H groups in total. The maximum absolute atomic E-state index is 6.39. The van der Waals surface area contributed by atoms with Crippen molar-refractivity contribution in [1.82, 2.24) is 0 Å². The highest BCUT2D eigenvalue weighted by Crippen LogP contribution is 2.48. The molecule has 10 rings (SSSR count). The van der Waals surface area contributed by atoms with E-state index in [1.54, 1.807) is 0 Å². The van der Waals surface area contributed by atoms with Crippen LogP contribution in [0.5, 0.6) is 0 Å². The van der Waals surface area contributed by atoms with Gasteiger partial charge in [0.15, 0.2) is 0 Å².